The van der Waals surface area contributed by atoms with Crippen LogP contribution in [0.2, 0.25) is 0 Å². The van der Waals surface area contributed by atoms with Gasteiger partial charge < -0.3 is 4.74 Å². The maximum Gasteiger partial charge on any atom is 0.240 e. The molecule has 0 radical (unpaired) electrons. The van der Waals surface area contributed by atoms with Gasteiger partial charge in [0.25, 0.3) is 0 Å². The largest absolute Gasteiger partial charge is 0.491 e. The van der Waals surface area contributed by atoms with E-state index in [1.165, 1.54) is 7.05 Å². The summed E-state index contributed by atoms with van der Waals surface area (Å²) in [6.45, 7) is 3.88. The Labute approximate surface area is 108 Å². The average molecular weight is 269 g/mol. The van der Waals surface area contributed by atoms with Crippen LogP contribution in [0.3, 0.4) is 0 Å². The SMILES string of the molecule is CNS(=O)(=O)c1cccc(OC(C)C)c1C1CC1. The van der Waals surface area contributed by atoms with Gasteiger partial charge in [-0.3, -0.25) is 0 Å². The molecule has 1 saturated carbocycles. The third-order valence-corrected chi connectivity index (χ3v) is 4.41. The Morgan fingerprint density at radius 3 is 2.50 bits per heavy atom. The highest BCUT2D eigenvalue weighted by molar-refractivity contribution is 7.89. The molecule has 0 aliphatic heterocycles. The molecule has 1 aromatic rings. The van der Waals surface area contributed by atoms with E-state index in [0.717, 1.165) is 18.4 Å². The van der Waals surface area contributed by atoms with Crippen molar-refractivity contribution in [2.75, 3.05) is 7.05 Å². The highest BCUT2D eigenvalue weighted by Crippen LogP contribution is 2.47. The quantitative estimate of drug-likeness (QED) is 0.892. The molecule has 100 valence electrons. The van der Waals surface area contributed by atoms with Crippen molar-refractivity contribution >= 4 is 10.0 Å². The molecule has 0 bridgehead atoms. The Bertz CT molecular complexity index is 533. The van der Waals surface area contributed by atoms with Crippen LogP contribution in [0.15, 0.2) is 23.1 Å². The van der Waals surface area contributed by atoms with Gasteiger partial charge in [0, 0.05) is 5.56 Å². The molecule has 0 unspecified atom stereocenters. The molecule has 1 fully saturated rings. The first-order valence-electron chi connectivity index (χ1n) is 6.19. The molecule has 0 saturated heterocycles. The summed E-state index contributed by atoms with van der Waals surface area (Å²) in [7, 11) is -1.99. The molecule has 4 nitrogen and oxygen atoms in total. The van der Waals surface area contributed by atoms with Crippen LogP contribution in [0.4, 0.5) is 0 Å². The minimum absolute atomic E-state index is 0.0371. The number of ether oxygens (including phenoxy) is 1. The van der Waals surface area contributed by atoms with Gasteiger partial charge in [-0.2, -0.15) is 0 Å². The summed E-state index contributed by atoms with van der Waals surface area (Å²) < 4.78 is 32.2. The molecule has 2 rings (SSSR count). The lowest BCUT2D eigenvalue weighted by Gasteiger charge is -2.17. The summed E-state index contributed by atoms with van der Waals surface area (Å²) in [5, 5.41) is 0. The molecule has 0 aromatic heterocycles. The van der Waals surface area contributed by atoms with Gasteiger partial charge in [0.1, 0.15) is 5.75 Å². The van der Waals surface area contributed by atoms with Gasteiger partial charge in [-0.25, -0.2) is 13.1 Å². The van der Waals surface area contributed by atoms with Crippen LogP contribution in [-0.4, -0.2) is 21.6 Å². The predicted molar refractivity (Wildman–Crippen MR) is 70.4 cm³/mol. The molecule has 1 N–H and O–H groups in total. The first-order chi connectivity index (χ1) is 8.45. The zero-order valence-corrected chi connectivity index (χ0v) is 11.8. The average Bonchev–Trinajstić information content (AvgIpc) is 3.12. The lowest BCUT2D eigenvalue weighted by molar-refractivity contribution is 0.239. The summed E-state index contributed by atoms with van der Waals surface area (Å²) in [6, 6.07) is 5.23. The molecule has 0 heterocycles. The molecule has 0 amide bonds. The summed E-state index contributed by atoms with van der Waals surface area (Å²) in [5.74, 6) is 1.02. The summed E-state index contributed by atoms with van der Waals surface area (Å²) in [4.78, 5) is 0.352. The fourth-order valence-corrected chi connectivity index (χ4v) is 3.03. The van der Waals surface area contributed by atoms with E-state index >= 15 is 0 Å². The van der Waals surface area contributed by atoms with Crippen LogP contribution in [-0.2, 0) is 10.0 Å². The second-order valence-electron chi connectivity index (χ2n) is 4.82. The number of benzene rings is 1. The predicted octanol–water partition coefficient (Wildman–Crippen LogP) is 2.26. The van der Waals surface area contributed by atoms with Crippen LogP contribution >= 0.6 is 0 Å². The van der Waals surface area contributed by atoms with Crippen LogP contribution in [0.25, 0.3) is 0 Å². The zero-order chi connectivity index (χ0) is 13.3. The van der Waals surface area contributed by atoms with E-state index in [9.17, 15) is 8.42 Å². The van der Waals surface area contributed by atoms with E-state index in [1.807, 2.05) is 19.9 Å². The van der Waals surface area contributed by atoms with Gasteiger partial charge in [0.15, 0.2) is 0 Å². The van der Waals surface area contributed by atoms with Crippen molar-refractivity contribution in [3.8, 4) is 5.75 Å². The van der Waals surface area contributed by atoms with Crippen LogP contribution < -0.4 is 9.46 Å². The Balaban J connectivity index is 2.53. The molecular formula is C13H19NO3S. The highest BCUT2D eigenvalue weighted by atomic mass is 32.2. The van der Waals surface area contributed by atoms with Crippen molar-refractivity contribution in [3.63, 3.8) is 0 Å². The number of hydrogen-bond acceptors (Lipinski definition) is 3. The Morgan fingerprint density at radius 1 is 1.33 bits per heavy atom. The van der Waals surface area contributed by atoms with Gasteiger partial charge in [0.2, 0.25) is 10.0 Å². The lowest BCUT2D eigenvalue weighted by Crippen LogP contribution is -2.20. The van der Waals surface area contributed by atoms with Crippen molar-refractivity contribution in [3.05, 3.63) is 23.8 Å². The van der Waals surface area contributed by atoms with E-state index in [-0.39, 0.29) is 6.10 Å². The highest BCUT2D eigenvalue weighted by Gasteiger charge is 2.33. The van der Waals surface area contributed by atoms with Gasteiger partial charge in [0.05, 0.1) is 11.0 Å². The zero-order valence-electron chi connectivity index (χ0n) is 10.9. The number of sulfonamides is 1. The molecule has 18 heavy (non-hydrogen) atoms. The van der Waals surface area contributed by atoms with Gasteiger partial charge in [-0.15, -0.1) is 0 Å². The van der Waals surface area contributed by atoms with Crippen LogP contribution in [0.5, 0.6) is 5.75 Å². The number of rotatable bonds is 5. The molecule has 0 atom stereocenters. The topological polar surface area (TPSA) is 55.4 Å². The molecule has 1 aliphatic rings. The maximum atomic E-state index is 12.0. The van der Waals surface area contributed by atoms with E-state index in [0.29, 0.717) is 16.6 Å². The van der Waals surface area contributed by atoms with Crippen molar-refractivity contribution in [2.45, 2.75) is 43.6 Å². The van der Waals surface area contributed by atoms with Crippen molar-refractivity contribution < 1.29 is 13.2 Å². The van der Waals surface area contributed by atoms with Crippen molar-refractivity contribution in [1.82, 2.24) is 4.72 Å². The Kier molecular flexibility index (Phi) is 3.64. The third kappa shape index (κ3) is 2.67. The number of nitrogens with one attached hydrogen (secondary N) is 1. The molecule has 1 aliphatic carbocycles. The normalized spacial score (nSPS) is 16.0. The molecule has 0 spiro atoms. The van der Waals surface area contributed by atoms with Crippen LogP contribution in [0, 0.1) is 0 Å². The fraction of sp³-hybridized carbons (Fsp3) is 0.538. The minimum atomic E-state index is -3.42. The fourth-order valence-electron chi connectivity index (χ4n) is 2.00. The number of hydrogen-bond donors (Lipinski definition) is 1. The van der Waals surface area contributed by atoms with E-state index in [1.54, 1.807) is 12.1 Å². The Morgan fingerprint density at radius 2 is 2.00 bits per heavy atom. The Hall–Kier alpha value is -1.07. The van der Waals surface area contributed by atoms with E-state index in [4.69, 9.17) is 4.74 Å². The van der Waals surface area contributed by atoms with Gasteiger partial charge >= 0.3 is 0 Å². The van der Waals surface area contributed by atoms with Gasteiger partial charge in [-0.1, -0.05) is 6.07 Å². The molecule has 1 aromatic carbocycles. The monoisotopic (exact) mass is 269 g/mol. The summed E-state index contributed by atoms with van der Waals surface area (Å²) >= 11 is 0. The first kappa shape index (κ1) is 13.4. The minimum Gasteiger partial charge on any atom is -0.491 e. The van der Waals surface area contributed by atoms with Gasteiger partial charge in [-0.05, 0) is 51.8 Å². The van der Waals surface area contributed by atoms with E-state index in [2.05, 4.69) is 4.72 Å². The second-order valence-corrected chi connectivity index (χ2v) is 6.67. The molecule has 5 heteroatoms. The van der Waals surface area contributed by atoms with Crippen molar-refractivity contribution in [2.24, 2.45) is 0 Å². The summed E-state index contributed by atoms with van der Waals surface area (Å²) in [5.41, 5.74) is 0.834. The van der Waals surface area contributed by atoms with E-state index < -0.39 is 10.0 Å². The van der Waals surface area contributed by atoms with Crippen LogP contribution in [0.1, 0.15) is 38.2 Å². The first-order valence-corrected chi connectivity index (χ1v) is 7.67. The second kappa shape index (κ2) is 4.90. The third-order valence-electron chi connectivity index (χ3n) is 2.93. The summed E-state index contributed by atoms with van der Waals surface area (Å²) in [6.07, 6.45) is 2.10. The molecular weight excluding hydrogens is 250 g/mol. The van der Waals surface area contributed by atoms with Crippen molar-refractivity contribution in [1.29, 1.82) is 0 Å². The maximum absolute atomic E-state index is 12.0. The smallest absolute Gasteiger partial charge is 0.240 e. The lowest BCUT2D eigenvalue weighted by atomic mass is 10.1. The standard InChI is InChI=1S/C13H19NO3S/c1-9(2)17-11-5-4-6-12(18(15,16)14-3)13(11)10-7-8-10/h4-6,9-10,14H,7-8H2,1-3H3.